The molecule has 1 aliphatic heterocycles. The lowest BCUT2D eigenvalue weighted by molar-refractivity contribution is -0.150. The number of ether oxygens (including phenoxy) is 1. The van der Waals surface area contributed by atoms with Crippen LogP contribution in [0.1, 0.15) is 6.42 Å². The summed E-state index contributed by atoms with van der Waals surface area (Å²) in [6.07, 6.45) is 0.585. The first-order valence-corrected chi connectivity index (χ1v) is 3.49. The van der Waals surface area contributed by atoms with E-state index in [1.165, 1.54) is 7.11 Å². The summed E-state index contributed by atoms with van der Waals surface area (Å²) in [6.45, 7) is 0.651. The van der Waals surface area contributed by atoms with E-state index < -0.39 is 11.9 Å². The fraction of sp³-hybridized carbons (Fsp3) is 0.714. The molecule has 0 unspecified atom stereocenters. The predicted molar refractivity (Wildman–Crippen MR) is 37.8 cm³/mol. The first-order chi connectivity index (χ1) is 5.16. The van der Waals surface area contributed by atoms with Crippen LogP contribution in [0.25, 0.3) is 0 Å². The molecule has 4 heteroatoms. The molecule has 0 aromatic heterocycles. The van der Waals surface area contributed by atoms with Crippen LogP contribution in [0.2, 0.25) is 0 Å². The summed E-state index contributed by atoms with van der Waals surface area (Å²) in [6, 6.07) is 0. The molecule has 0 bridgehead atoms. The van der Waals surface area contributed by atoms with Gasteiger partial charge in [0, 0.05) is 13.6 Å². The van der Waals surface area contributed by atoms with Crippen molar-refractivity contribution in [2.75, 3.05) is 20.7 Å². The summed E-state index contributed by atoms with van der Waals surface area (Å²) in [7, 11) is 2.99. The molecule has 0 aromatic carbocycles. The second-order valence-corrected chi connectivity index (χ2v) is 2.62. The molecule has 0 spiro atoms. The van der Waals surface area contributed by atoms with E-state index in [0.717, 1.165) is 0 Å². The Kier molecular flexibility index (Phi) is 2.12. The molecule has 1 heterocycles. The lowest BCUT2D eigenvalue weighted by atomic mass is 10.1. The van der Waals surface area contributed by atoms with E-state index in [4.69, 9.17) is 0 Å². The topological polar surface area (TPSA) is 46.6 Å². The number of carbonyl (C=O) groups excluding carboxylic acids is 2. The van der Waals surface area contributed by atoms with Crippen molar-refractivity contribution in [2.45, 2.75) is 6.42 Å². The normalized spacial score (nSPS) is 24.0. The van der Waals surface area contributed by atoms with Gasteiger partial charge in [0.05, 0.1) is 7.11 Å². The van der Waals surface area contributed by atoms with Crippen LogP contribution in [-0.2, 0) is 14.3 Å². The molecular weight excluding hydrogens is 146 g/mol. The smallest absolute Gasteiger partial charge is 0.318 e. The number of rotatable bonds is 1. The van der Waals surface area contributed by atoms with Gasteiger partial charge in [-0.2, -0.15) is 0 Å². The van der Waals surface area contributed by atoms with Crippen LogP contribution in [0.15, 0.2) is 0 Å². The number of likely N-dealkylation sites (tertiary alicyclic amines) is 1. The van der Waals surface area contributed by atoms with Crippen LogP contribution in [0.4, 0.5) is 0 Å². The molecule has 62 valence electrons. The van der Waals surface area contributed by atoms with Gasteiger partial charge in [0.2, 0.25) is 5.91 Å². The van der Waals surface area contributed by atoms with E-state index in [0.29, 0.717) is 13.0 Å². The zero-order chi connectivity index (χ0) is 8.43. The fourth-order valence-electron chi connectivity index (χ4n) is 1.18. The van der Waals surface area contributed by atoms with Crippen LogP contribution in [0.3, 0.4) is 0 Å². The van der Waals surface area contributed by atoms with Crippen LogP contribution < -0.4 is 0 Å². The minimum atomic E-state index is -0.551. The van der Waals surface area contributed by atoms with Gasteiger partial charge in [-0.05, 0) is 6.42 Å². The van der Waals surface area contributed by atoms with Crippen molar-refractivity contribution in [2.24, 2.45) is 5.92 Å². The van der Waals surface area contributed by atoms with Crippen LogP contribution >= 0.6 is 0 Å². The average molecular weight is 157 g/mol. The molecule has 0 aromatic rings. The van der Waals surface area contributed by atoms with Gasteiger partial charge in [-0.15, -0.1) is 0 Å². The van der Waals surface area contributed by atoms with Crippen molar-refractivity contribution in [1.29, 1.82) is 0 Å². The number of nitrogens with zero attached hydrogens (tertiary/aromatic N) is 1. The maximum atomic E-state index is 11.1. The lowest BCUT2D eigenvalue weighted by Crippen LogP contribution is -2.27. The van der Waals surface area contributed by atoms with Gasteiger partial charge in [0.25, 0.3) is 0 Å². The van der Waals surface area contributed by atoms with E-state index in [2.05, 4.69) is 4.74 Å². The lowest BCUT2D eigenvalue weighted by Gasteiger charge is -2.07. The highest BCUT2D eigenvalue weighted by atomic mass is 16.5. The van der Waals surface area contributed by atoms with Crippen molar-refractivity contribution < 1.29 is 14.3 Å². The predicted octanol–water partition coefficient (Wildman–Crippen LogP) is -0.362. The molecule has 1 saturated heterocycles. The van der Waals surface area contributed by atoms with Gasteiger partial charge < -0.3 is 9.64 Å². The largest absolute Gasteiger partial charge is 0.468 e. The Morgan fingerprint density at radius 3 is 2.73 bits per heavy atom. The first-order valence-electron chi connectivity index (χ1n) is 3.49. The zero-order valence-electron chi connectivity index (χ0n) is 6.66. The highest BCUT2D eigenvalue weighted by Gasteiger charge is 2.35. The summed E-state index contributed by atoms with van der Waals surface area (Å²) < 4.78 is 4.47. The summed E-state index contributed by atoms with van der Waals surface area (Å²) in [5.41, 5.74) is 0. The van der Waals surface area contributed by atoms with Gasteiger partial charge in [-0.3, -0.25) is 9.59 Å². The van der Waals surface area contributed by atoms with Gasteiger partial charge in [-0.25, -0.2) is 0 Å². The standard InChI is InChI=1S/C7H11NO3/c1-8-4-3-5(6(8)9)7(10)11-2/h5H,3-4H2,1-2H3/t5-/m1/s1. The van der Waals surface area contributed by atoms with E-state index >= 15 is 0 Å². The van der Waals surface area contributed by atoms with Crippen LogP contribution in [-0.4, -0.2) is 37.5 Å². The molecule has 0 N–H and O–H groups in total. The highest BCUT2D eigenvalue weighted by molar-refractivity contribution is 5.99. The van der Waals surface area contributed by atoms with Gasteiger partial charge >= 0.3 is 5.97 Å². The summed E-state index contributed by atoms with van der Waals surface area (Å²) in [5, 5.41) is 0. The first kappa shape index (κ1) is 8.04. The Morgan fingerprint density at radius 2 is 2.36 bits per heavy atom. The van der Waals surface area contributed by atoms with Gasteiger partial charge in [-0.1, -0.05) is 0 Å². The number of hydrogen-bond acceptors (Lipinski definition) is 3. The van der Waals surface area contributed by atoms with Crippen molar-refractivity contribution >= 4 is 11.9 Å². The quantitative estimate of drug-likeness (QED) is 0.385. The molecule has 0 aliphatic carbocycles. The number of hydrogen-bond donors (Lipinski definition) is 0. The zero-order valence-corrected chi connectivity index (χ0v) is 6.66. The van der Waals surface area contributed by atoms with Crippen molar-refractivity contribution in [3.63, 3.8) is 0 Å². The molecule has 11 heavy (non-hydrogen) atoms. The van der Waals surface area contributed by atoms with Gasteiger partial charge in [0.1, 0.15) is 5.92 Å². The summed E-state index contributed by atoms with van der Waals surface area (Å²) in [4.78, 5) is 23.6. The number of carbonyl (C=O) groups is 2. The molecule has 1 rings (SSSR count). The number of methoxy groups -OCH3 is 1. The van der Waals surface area contributed by atoms with Crippen molar-refractivity contribution in [3.05, 3.63) is 0 Å². The molecule has 0 radical (unpaired) electrons. The van der Waals surface area contributed by atoms with E-state index in [9.17, 15) is 9.59 Å². The molecule has 4 nitrogen and oxygen atoms in total. The maximum Gasteiger partial charge on any atom is 0.318 e. The van der Waals surface area contributed by atoms with Crippen molar-refractivity contribution in [1.82, 2.24) is 4.90 Å². The minimum absolute atomic E-state index is 0.128. The number of esters is 1. The third-order valence-corrected chi connectivity index (χ3v) is 1.91. The van der Waals surface area contributed by atoms with E-state index in [1.54, 1.807) is 11.9 Å². The SMILES string of the molecule is COC(=O)[C@@H]1CCN(C)C1=O. The Morgan fingerprint density at radius 1 is 1.73 bits per heavy atom. The molecule has 1 atom stereocenters. The average Bonchev–Trinajstić information content (AvgIpc) is 2.32. The maximum absolute atomic E-state index is 11.1. The molecule has 1 fully saturated rings. The fourth-order valence-corrected chi connectivity index (χ4v) is 1.18. The third kappa shape index (κ3) is 1.34. The molecule has 1 aliphatic rings. The van der Waals surface area contributed by atoms with E-state index in [1.807, 2.05) is 0 Å². The summed E-state index contributed by atoms with van der Waals surface area (Å²) >= 11 is 0. The Hall–Kier alpha value is -1.06. The molecule has 1 amide bonds. The highest BCUT2D eigenvalue weighted by Crippen LogP contribution is 2.16. The second kappa shape index (κ2) is 2.90. The summed E-state index contributed by atoms with van der Waals surface area (Å²) in [5.74, 6) is -1.10. The van der Waals surface area contributed by atoms with Gasteiger partial charge in [0.15, 0.2) is 0 Å². The molecule has 0 saturated carbocycles. The van der Waals surface area contributed by atoms with Crippen molar-refractivity contribution in [3.8, 4) is 0 Å². The number of amides is 1. The second-order valence-electron chi connectivity index (χ2n) is 2.62. The Labute approximate surface area is 65.1 Å². The molecular formula is C7H11NO3. The van der Waals surface area contributed by atoms with E-state index in [-0.39, 0.29) is 5.91 Å². The Bertz CT molecular complexity index is 190. The third-order valence-electron chi connectivity index (χ3n) is 1.91. The Balaban J connectivity index is 2.62. The monoisotopic (exact) mass is 157 g/mol. The van der Waals surface area contributed by atoms with Crippen LogP contribution in [0, 0.1) is 5.92 Å². The van der Waals surface area contributed by atoms with Crippen LogP contribution in [0.5, 0.6) is 0 Å². The minimum Gasteiger partial charge on any atom is -0.468 e.